The maximum atomic E-state index is 12.2. The van der Waals surface area contributed by atoms with Gasteiger partial charge in [-0.15, -0.1) is 11.8 Å². The average Bonchev–Trinajstić information content (AvgIpc) is 2.46. The Morgan fingerprint density at radius 3 is 2.17 bits per heavy atom. The van der Waals surface area contributed by atoms with E-state index in [1.807, 2.05) is 13.8 Å². The number of benzene rings is 2. The molecule has 0 aliphatic heterocycles. The number of anilines is 1. The quantitative estimate of drug-likeness (QED) is 0.827. The Labute approximate surface area is 143 Å². The van der Waals surface area contributed by atoms with E-state index in [4.69, 9.17) is 0 Å². The molecule has 0 aromatic heterocycles. The summed E-state index contributed by atoms with van der Waals surface area (Å²) < 4.78 is 0. The van der Waals surface area contributed by atoms with Crippen LogP contribution >= 0.6 is 11.8 Å². The van der Waals surface area contributed by atoms with Gasteiger partial charge < -0.3 is 5.32 Å². The van der Waals surface area contributed by atoms with Crippen molar-refractivity contribution in [3.63, 3.8) is 0 Å². The van der Waals surface area contributed by atoms with Gasteiger partial charge in [-0.25, -0.2) is 0 Å². The van der Waals surface area contributed by atoms with Crippen molar-refractivity contribution in [2.45, 2.75) is 40.4 Å². The molecule has 0 aliphatic carbocycles. The van der Waals surface area contributed by atoms with Crippen molar-refractivity contribution >= 4 is 23.4 Å². The number of thioether (sulfide) groups is 1. The summed E-state index contributed by atoms with van der Waals surface area (Å²) in [7, 11) is 0. The topological polar surface area (TPSA) is 29.1 Å². The molecule has 0 fully saturated rings. The molecule has 0 heterocycles. The van der Waals surface area contributed by atoms with Crippen molar-refractivity contribution in [1.29, 1.82) is 0 Å². The molecule has 1 N–H and O–H groups in total. The number of hydrogen-bond acceptors (Lipinski definition) is 2. The second-order valence-electron chi connectivity index (χ2n) is 6.23. The lowest BCUT2D eigenvalue weighted by Crippen LogP contribution is -2.16. The highest BCUT2D eigenvalue weighted by Gasteiger charge is 2.08. The van der Waals surface area contributed by atoms with Crippen LogP contribution in [-0.2, 0) is 10.5 Å². The van der Waals surface area contributed by atoms with Crippen LogP contribution in [0.1, 0.15) is 33.4 Å². The maximum absolute atomic E-state index is 12.2. The Morgan fingerprint density at radius 1 is 0.913 bits per heavy atom. The molecule has 0 bridgehead atoms. The largest absolute Gasteiger partial charge is 0.325 e. The fourth-order valence-corrected chi connectivity index (χ4v) is 3.48. The molecule has 0 atom stereocenters. The van der Waals surface area contributed by atoms with E-state index in [0.29, 0.717) is 5.75 Å². The Balaban J connectivity index is 1.89. The molecular weight excluding hydrogens is 302 g/mol. The highest BCUT2D eigenvalue weighted by Crippen LogP contribution is 2.22. The van der Waals surface area contributed by atoms with Crippen LogP contribution in [0.2, 0.25) is 0 Å². The van der Waals surface area contributed by atoms with Crippen LogP contribution in [0.3, 0.4) is 0 Å². The van der Waals surface area contributed by atoms with Crippen LogP contribution in [0.5, 0.6) is 0 Å². The number of rotatable bonds is 5. The zero-order chi connectivity index (χ0) is 17.0. The number of carbonyl (C=O) groups is 1. The molecular formula is C20H25NOS. The summed E-state index contributed by atoms with van der Waals surface area (Å²) in [6.07, 6.45) is 0. The molecule has 122 valence electrons. The fourth-order valence-electron chi connectivity index (χ4n) is 2.71. The average molecular weight is 327 g/mol. The van der Waals surface area contributed by atoms with Crippen molar-refractivity contribution in [3.05, 3.63) is 63.7 Å². The van der Waals surface area contributed by atoms with E-state index in [9.17, 15) is 4.79 Å². The molecule has 0 spiro atoms. The van der Waals surface area contributed by atoms with E-state index in [2.05, 4.69) is 56.4 Å². The molecule has 0 saturated heterocycles. The summed E-state index contributed by atoms with van der Waals surface area (Å²) in [6.45, 7) is 10.4. The van der Waals surface area contributed by atoms with Crippen molar-refractivity contribution in [1.82, 2.24) is 0 Å². The van der Waals surface area contributed by atoms with Gasteiger partial charge in [-0.05, 0) is 62.4 Å². The Morgan fingerprint density at radius 2 is 1.57 bits per heavy atom. The Hall–Kier alpha value is -1.74. The van der Waals surface area contributed by atoms with Crippen molar-refractivity contribution < 1.29 is 4.79 Å². The molecule has 0 aliphatic rings. The molecule has 23 heavy (non-hydrogen) atoms. The van der Waals surface area contributed by atoms with E-state index in [-0.39, 0.29) is 5.91 Å². The van der Waals surface area contributed by atoms with Gasteiger partial charge in [0.25, 0.3) is 0 Å². The summed E-state index contributed by atoms with van der Waals surface area (Å²) in [5.74, 6) is 1.40. The normalized spacial score (nSPS) is 10.7. The second-order valence-corrected chi connectivity index (χ2v) is 7.22. The number of aryl methyl sites for hydroxylation is 5. The molecule has 2 aromatic rings. The van der Waals surface area contributed by atoms with Crippen LogP contribution < -0.4 is 5.32 Å². The van der Waals surface area contributed by atoms with Crippen molar-refractivity contribution in [2.75, 3.05) is 11.1 Å². The van der Waals surface area contributed by atoms with E-state index in [0.717, 1.165) is 22.6 Å². The standard InChI is InChI=1S/C20H25NOS/c1-13-8-16(4)20(17(5)9-13)21-19(22)12-23-11-18-7-6-14(2)15(3)10-18/h6-10H,11-12H2,1-5H3,(H,21,22). The molecule has 0 saturated carbocycles. The minimum absolute atomic E-state index is 0.0638. The van der Waals surface area contributed by atoms with Gasteiger partial charge in [-0.1, -0.05) is 35.9 Å². The van der Waals surface area contributed by atoms with Gasteiger partial charge in [0.2, 0.25) is 5.91 Å². The van der Waals surface area contributed by atoms with Gasteiger partial charge in [0.1, 0.15) is 0 Å². The molecule has 2 nitrogen and oxygen atoms in total. The number of carbonyl (C=O) groups excluding carboxylic acids is 1. The first-order chi connectivity index (χ1) is 10.9. The molecule has 2 rings (SSSR count). The zero-order valence-corrected chi connectivity index (χ0v) is 15.4. The summed E-state index contributed by atoms with van der Waals surface area (Å²) in [5, 5.41) is 3.05. The van der Waals surface area contributed by atoms with Gasteiger partial charge in [-0.2, -0.15) is 0 Å². The lowest BCUT2D eigenvalue weighted by atomic mass is 10.1. The zero-order valence-electron chi connectivity index (χ0n) is 14.6. The maximum Gasteiger partial charge on any atom is 0.234 e. The lowest BCUT2D eigenvalue weighted by Gasteiger charge is -2.13. The van der Waals surface area contributed by atoms with Crippen LogP contribution in [0.25, 0.3) is 0 Å². The van der Waals surface area contributed by atoms with Crippen LogP contribution in [0.4, 0.5) is 5.69 Å². The number of hydrogen-bond donors (Lipinski definition) is 1. The first-order valence-electron chi connectivity index (χ1n) is 7.88. The van der Waals surface area contributed by atoms with Crippen molar-refractivity contribution in [3.8, 4) is 0 Å². The summed E-state index contributed by atoms with van der Waals surface area (Å²) in [4.78, 5) is 12.2. The predicted molar refractivity (Wildman–Crippen MR) is 101 cm³/mol. The van der Waals surface area contributed by atoms with Gasteiger partial charge in [0.05, 0.1) is 5.75 Å². The molecule has 3 heteroatoms. The third-order valence-electron chi connectivity index (χ3n) is 4.01. The third-order valence-corrected chi connectivity index (χ3v) is 5.02. The molecule has 2 aromatic carbocycles. The predicted octanol–water partition coefficient (Wildman–Crippen LogP) is 5.10. The highest BCUT2D eigenvalue weighted by atomic mass is 32.2. The van der Waals surface area contributed by atoms with Gasteiger partial charge in [0.15, 0.2) is 0 Å². The first-order valence-corrected chi connectivity index (χ1v) is 9.04. The van der Waals surface area contributed by atoms with Crippen LogP contribution in [0, 0.1) is 34.6 Å². The smallest absolute Gasteiger partial charge is 0.234 e. The Kier molecular flexibility index (Phi) is 5.89. The van der Waals surface area contributed by atoms with Crippen LogP contribution in [0.15, 0.2) is 30.3 Å². The molecule has 0 radical (unpaired) electrons. The monoisotopic (exact) mass is 327 g/mol. The summed E-state index contributed by atoms with van der Waals surface area (Å²) in [6, 6.07) is 10.7. The number of nitrogens with one attached hydrogen (secondary N) is 1. The van der Waals surface area contributed by atoms with E-state index < -0.39 is 0 Å². The molecule has 0 unspecified atom stereocenters. The SMILES string of the molecule is Cc1cc(C)c(NC(=O)CSCc2ccc(C)c(C)c2)c(C)c1. The second kappa shape index (κ2) is 7.69. The minimum Gasteiger partial charge on any atom is -0.325 e. The minimum atomic E-state index is 0.0638. The van der Waals surface area contributed by atoms with Gasteiger partial charge in [-0.3, -0.25) is 4.79 Å². The highest BCUT2D eigenvalue weighted by molar-refractivity contribution is 7.99. The van der Waals surface area contributed by atoms with Crippen molar-refractivity contribution in [2.24, 2.45) is 0 Å². The Bertz CT molecular complexity index is 699. The lowest BCUT2D eigenvalue weighted by molar-refractivity contribution is -0.113. The summed E-state index contributed by atoms with van der Waals surface area (Å²) in [5.41, 5.74) is 8.30. The summed E-state index contributed by atoms with van der Waals surface area (Å²) >= 11 is 1.65. The fraction of sp³-hybridized carbons (Fsp3) is 0.350. The van der Waals surface area contributed by atoms with Crippen LogP contribution in [-0.4, -0.2) is 11.7 Å². The number of amides is 1. The molecule has 1 amide bonds. The van der Waals surface area contributed by atoms with Gasteiger partial charge in [0, 0.05) is 11.4 Å². The third kappa shape index (κ3) is 4.87. The van der Waals surface area contributed by atoms with E-state index in [1.165, 1.54) is 22.3 Å². The van der Waals surface area contributed by atoms with E-state index in [1.54, 1.807) is 11.8 Å². The first kappa shape index (κ1) is 17.6. The van der Waals surface area contributed by atoms with E-state index >= 15 is 0 Å². The van der Waals surface area contributed by atoms with Gasteiger partial charge >= 0.3 is 0 Å².